The summed E-state index contributed by atoms with van der Waals surface area (Å²) in [5.74, 6) is 6.18. The Balaban J connectivity index is 2.40. The molecule has 1 aliphatic rings. The van der Waals surface area contributed by atoms with Gasteiger partial charge in [0.05, 0.1) is 0 Å². The predicted octanol–water partition coefficient (Wildman–Crippen LogP) is 1.01. The third-order valence-electron chi connectivity index (χ3n) is 3.48. The number of nitrogens with two attached hydrogens (primary N) is 1. The summed E-state index contributed by atoms with van der Waals surface area (Å²) < 4.78 is 4.98. The van der Waals surface area contributed by atoms with Gasteiger partial charge in [0.1, 0.15) is 0 Å². The molecule has 17 heavy (non-hydrogen) atoms. The summed E-state index contributed by atoms with van der Waals surface area (Å²) in [6.45, 7) is 6.04. The number of hydrogen-bond donors (Lipinski definition) is 3. The van der Waals surface area contributed by atoms with Crippen LogP contribution >= 0.6 is 0 Å². The zero-order chi connectivity index (χ0) is 12.7. The molecule has 0 aliphatic heterocycles. The SMILES string of the molecule is COCCCN=C(NN)NC1CCCC1(C)C. The van der Waals surface area contributed by atoms with Crippen molar-refractivity contribution >= 4 is 5.96 Å². The Morgan fingerprint density at radius 3 is 2.82 bits per heavy atom. The Hall–Kier alpha value is -0.810. The van der Waals surface area contributed by atoms with E-state index in [0.29, 0.717) is 17.4 Å². The molecule has 5 heteroatoms. The molecule has 4 N–H and O–H groups in total. The van der Waals surface area contributed by atoms with Crippen LogP contribution in [0.2, 0.25) is 0 Å². The zero-order valence-electron chi connectivity index (χ0n) is 11.3. The molecule has 0 aromatic rings. The highest BCUT2D eigenvalue weighted by atomic mass is 16.5. The Morgan fingerprint density at radius 1 is 1.53 bits per heavy atom. The first kappa shape index (κ1) is 14.3. The fourth-order valence-electron chi connectivity index (χ4n) is 2.29. The van der Waals surface area contributed by atoms with E-state index in [1.165, 1.54) is 19.3 Å². The lowest BCUT2D eigenvalue weighted by Crippen LogP contribution is -2.49. The summed E-state index contributed by atoms with van der Waals surface area (Å²) >= 11 is 0. The van der Waals surface area contributed by atoms with Gasteiger partial charge in [-0.25, -0.2) is 5.84 Å². The molecule has 100 valence electrons. The molecule has 1 unspecified atom stereocenters. The van der Waals surface area contributed by atoms with E-state index in [1.807, 2.05) is 0 Å². The predicted molar refractivity (Wildman–Crippen MR) is 70.7 cm³/mol. The van der Waals surface area contributed by atoms with Gasteiger partial charge in [0.2, 0.25) is 5.96 Å². The Kier molecular flexibility index (Phi) is 5.71. The molecule has 1 aliphatic carbocycles. The van der Waals surface area contributed by atoms with Gasteiger partial charge in [-0.1, -0.05) is 20.3 Å². The quantitative estimate of drug-likeness (QED) is 0.221. The number of nitrogens with zero attached hydrogens (tertiary/aromatic N) is 1. The summed E-state index contributed by atoms with van der Waals surface area (Å²) in [5.41, 5.74) is 2.97. The number of methoxy groups -OCH3 is 1. The molecule has 1 fully saturated rings. The third-order valence-corrected chi connectivity index (χ3v) is 3.48. The van der Waals surface area contributed by atoms with Crippen molar-refractivity contribution in [2.24, 2.45) is 16.3 Å². The van der Waals surface area contributed by atoms with Crippen LogP contribution < -0.4 is 16.6 Å². The van der Waals surface area contributed by atoms with Crippen LogP contribution in [0.1, 0.15) is 39.5 Å². The number of guanidine groups is 1. The van der Waals surface area contributed by atoms with Crippen LogP contribution in [0.4, 0.5) is 0 Å². The molecule has 0 spiro atoms. The fraction of sp³-hybridized carbons (Fsp3) is 0.917. The maximum Gasteiger partial charge on any atom is 0.205 e. The molecule has 0 saturated heterocycles. The van der Waals surface area contributed by atoms with Crippen molar-refractivity contribution in [1.29, 1.82) is 0 Å². The lowest BCUT2D eigenvalue weighted by molar-refractivity contribution is 0.197. The van der Waals surface area contributed by atoms with Gasteiger partial charge in [0.15, 0.2) is 0 Å². The molecule has 0 aromatic heterocycles. The van der Waals surface area contributed by atoms with Gasteiger partial charge in [-0.3, -0.25) is 10.4 Å². The van der Waals surface area contributed by atoms with Crippen molar-refractivity contribution in [3.05, 3.63) is 0 Å². The van der Waals surface area contributed by atoms with Crippen molar-refractivity contribution in [2.45, 2.75) is 45.6 Å². The minimum absolute atomic E-state index is 0.324. The second kappa shape index (κ2) is 6.81. The normalized spacial score (nSPS) is 23.8. The van der Waals surface area contributed by atoms with Gasteiger partial charge in [-0.05, 0) is 24.7 Å². The highest BCUT2D eigenvalue weighted by Crippen LogP contribution is 2.36. The van der Waals surface area contributed by atoms with Crippen LogP contribution in [-0.4, -0.2) is 32.3 Å². The van der Waals surface area contributed by atoms with Crippen LogP contribution in [-0.2, 0) is 4.74 Å². The monoisotopic (exact) mass is 242 g/mol. The van der Waals surface area contributed by atoms with Gasteiger partial charge in [-0.15, -0.1) is 0 Å². The van der Waals surface area contributed by atoms with Crippen LogP contribution in [0.5, 0.6) is 0 Å². The first-order chi connectivity index (χ1) is 8.10. The molecule has 0 radical (unpaired) electrons. The molecular weight excluding hydrogens is 216 g/mol. The number of rotatable bonds is 5. The average Bonchev–Trinajstić information content (AvgIpc) is 2.62. The average molecular weight is 242 g/mol. The number of nitrogens with one attached hydrogen (secondary N) is 2. The molecule has 5 nitrogen and oxygen atoms in total. The van der Waals surface area contributed by atoms with Crippen molar-refractivity contribution in [1.82, 2.24) is 10.7 Å². The van der Waals surface area contributed by atoms with Gasteiger partial charge in [0.25, 0.3) is 0 Å². The Bertz CT molecular complexity index is 253. The standard InChI is InChI=1S/C12H26N4O/c1-12(2)7-4-6-10(12)15-11(16-13)14-8-5-9-17-3/h10H,4-9,13H2,1-3H3,(H2,14,15,16). The van der Waals surface area contributed by atoms with Crippen molar-refractivity contribution in [3.63, 3.8) is 0 Å². The minimum atomic E-state index is 0.324. The third kappa shape index (κ3) is 4.52. The van der Waals surface area contributed by atoms with Gasteiger partial charge >= 0.3 is 0 Å². The lowest BCUT2D eigenvalue weighted by atomic mass is 9.87. The van der Waals surface area contributed by atoms with Crippen LogP contribution in [0.15, 0.2) is 4.99 Å². The van der Waals surface area contributed by atoms with E-state index in [2.05, 4.69) is 29.6 Å². The van der Waals surface area contributed by atoms with E-state index in [4.69, 9.17) is 10.6 Å². The van der Waals surface area contributed by atoms with E-state index in [-0.39, 0.29) is 0 Å². The molecule has 0 bridgehead atoms. The molecule has 1 saturated carbocycles. The maximum atomic E-state index is 5.48. The second-order valence-electron chi connectivity index (χ2n) is 5.30. The minimum Gasteiger partial charge on any atom is -0.385 e. The first-order valence-corrected chi connectivity index (χ1v) is 6.36. The summed E-state index contributed by atoms with van der Waals surface area (Å²) in [4.78, 5) is 4.40. The molecule has 1 rings (SSSR count). The van der Waals surface area contributed by atoms with E-state index in [0.717, 1.165) is 19.6 Å². The molecular formula is C12H26N4O. The highest BCUT2D eigenvalue weighted by Gasteiger charge is 2.34. The van der Waals surface area contributed by atoms with Crippen molar-refractivity contribution in [2.75, 3.05) is 20.3 Å². The summed E-state index contributed by atoms with van der Waals surface area (Å²) in [5, 5.41) is 3.41. The molecule has 0 heterocycles. The zero-order valence-corrected chi connectivity index (χ0v) is 11.3. The first-order valence-electron chi connectivity index (χ1n) is 6.36. The number of hydrazine groups is 1. The summed E-state index contributed by atoms with van der Waals surface area (Å²) in [6.07, 6.45) is 4.63. The molecule has 1 atom stereocenters. The number of ether oxygens (including phenoxy) is 1. The Labute approximate surface area is 104 Å². The van der Waals surface area contributed by atoms with Crippen LogP contribution in [0.25, 0.3) is 0 Å². The highest BCUT2D eigenvalue weighted by molar-refractivity contribution is 5.79. The van der Waals surface area contributed by atoms with Crippen LogP contribution in [0.3, 0.4) is 0 Å². The Morgan fingerprint density at radius 2 is 2.29 bits per heavy atom. The summed E-state index contributed by atoms with van der Waals surface area (Å²) in [7, 11) is 1.70. The fourth-order valence-corrected chi connectivity index (χ4v) is 2.29. The molecule has 0 aromatic carbocycles. The van der Waals surface area contributed by atoms with E-state index < -0.39 is 0 Å². The van der Waals surface area contributed by atoms with Gasteiger partial charge < -0.3 is 10.1 Å². The summed E-state index contributed by atoms with van der Waals surface area (Å²) in [6, 6.07) is 0.458. The topological polar surface area (TPSA) is 71.7 Å². The van der Waals surface area contributed by atoms with Crippen molar-refractivity contribution < 1.29 is 4.74 Å². The maximum absolute atomic E-state index is 5.48. The lowest BCUT2D eigenvalue weighted by Gasteiger charge is -2.28. The van der Waals surface area contributed by atoms with Gasteiger partial charge in [-0.2, -0.15) is 0 Å². The van der Waals surface area contributed by atoms with E-state index in [9.17, 15) is 0 Å². The van der Waals surface area contributed by atoms with E-state index >= 15 is 0 Å². The number of aliphatic imine (C=N–C) groups is 1. The number of hydrogen-bond acceptors (Lipinski definition) is 3. The molecule has 0 amide bonds. The smallest absolute Gasteiger partial charge is 0.205 e. The van der Waals surface area contributed by atoms with Gasteiger partial charge in [0, 0.05) is 26.3 Å². The van der Waals surface area contributed by atoms with E-state index in [1.54, 1.807) is 7.11 Å². The largest absolute Gasteiger partial charge is 0.385 e. The van der Waals surface area contributed by atoms with Crippen molar-refractivity contribution in [3.8, 4) is 0 Å². The van der Waals surface area contributed by atoms with Crippen LogP contribution in [0, 0.1) is 5.41 Å². The second-order valence-corrected chi connectivity index (χ2v) is 5.30.